The molecule has 1 aliphatic heterocycles. The monoisotopic (exact) mass is 425 g/mol. The smallest absolute Gasteiger partial charge is 0.260 e. The van der Waals surface area contributed by atoms with Crippen LogP contribution in [0.15, 0.2) is 82.0 Å². The van der Waals surface area contributed by atoms with Crippen LogP contribution in [0.25, 0.3) is 22.1 Å². The summed E-state index contributed by atoms with van der Waals surface area (Å²) in [7, 11) is 0. The molecule has 1 aliphatic rings. The van der Waals surface area contributed by atoms with Gasteiger partial charge in [-0.05, 0) is 42.2 Å². The van der Waals surface area contributed by atoms with Gasteiger partial charge in [0.15, 0.2) is 6.61 Å². The second-order valence-electron chi connectivity index (χ2n) is 8.01. The largest absolute Gasteiger partial charge is 0.484 e. The summed E-state index contributed by atoms with van der Waals surface area (Å²) < 4.78 is 11.7. The van der Waals surface area contributed by atoms with Gasteiger partial charge in [-0.2, -0.15) is 0 Å². The third kappa shape index (κ3) is 3.78. The fourth-order valence-corrected chi connectivity index (χ4v) is 4.26. The van der Waals surface area contributed by atoms with Gasteiger partial charge in [-0.25, -0.2) is 0 Å². The van der Waals surface area contributed by atoms with E-state index in [1.807, 2.05) is 47.4 Å². The molecule has 3 aromatic carbocycles. The Hall–Kier alpha value is -3.86. The fourth-order valence-electron chi connectivity index (χ4n) is 4.26. The molecule has 5 heteroatoms. The number of benzene rings is 3. The lowest BCUT2D eigenvalue weighted by Gasteiger charge is -2.28. The van der Waals surface area contributed by atoms with E-state index in [0.717, 1.165) is 12.0 Å². The van der Waals surface area contributed by atoms with Crippen LogP contribution in [0.3, 0.4) is 0 Å². The number of rotatable bonds is 4. The van der Waals surface area contributed by atoms with E-state index in [-0.39, 0.29) is 17.9 Å². The van der Waals surface area contributed by atoms with E-state index in [0.29, 0.717) is 41.1 Å². The second-order valence-corrected chi connectivity index (χ2v) is 8.01. The van der Waals surface area contributed by atoms with E-state index in [9.17, 15) is 9.59 Å². The summed E-state index contributed by atoms with van der Waals surface area (Å²) in [5.41, 5.74) is 4.24. The number of carbonyl (C=O) groups excluding carboxylic acids is 1. The summed E-state index contributed by atoms with van der Waals surface area (Å²) in [5.74, 6) is 0.990. The zero-order chi connectivity index (χ0) is 22.1. The van der Waals surface area contributed by atoms with Gasteiger partial charge in [-0.15, -0.1) is 0 Å². The molecule has 0 radical (unpaired) electrons. The Morgan fingerprint density at radius 1 is 1.00 bits per heavy atom. The van der Waals surface area contributed by atoms with Crippen molar-refractivity contribution in [3.63, 3.8) is 0 Å². The predicted octanol–water partition coefficient (Wildman–Crippen LogP) is 4.73. The maximum absolute atomic E-state index is 13.1. The molecule has 0 N–H and O–H groups in total. The molecule has 4 aromatic rings. The predicted molar refractivity (Wildman–Crippen MR) is 124 cm³/mol. The number of hydrogen-bond donors (Lipinski definition) is 0. The van der Waals surface area contributed by atoms with E-state index in [2.05, 4.69) is 12.1 Å². The highest BCUT2D eigenvalue weighted by molar-refractivity contribution is 5.84. The standard InChI is InChI=1S/C27H23NO4/c1-18-26(20-8-3-2-4-9-20)27(30)23-12-11-22(15-24(23)32-18)31-17-25(29)28-14-13-19-7-5-6-10-21(19)16-28/h2-12,15H,13-14,16-17H2,1H3. The van der Waals surface area contributed by atoms with Crippen LogP contribution in [-0.2, 0) is 17.8 Å². The minimum Gasteiger partial charge on any atom is -0.484 e. The first-order valence-electron chi connectivity index (χ1n) is 10.7. The Labute approximate surface area is 185 Å². The van der Waals surface area contributed by atoms with Crippen LogP contribution in [0, 0.1) is 6.92 Å². The summed E-state index contributed by atoms with van der Waals surface area (Å²) in [6.45, 7) is 3.02. The molecule has 0 aliphatic carbocycles. The van der Waals surface area contributed by atoms with Crippen molar-refractivity contribution in [2.24, 2.45) is 0 Å². The van der Waals surface area contributed by atoms with Crippen molar-refractivity contribution in [1.29, 1.82) is 0 Å². The van der Waals surface area contributed by atoms with Crippen LogP contribution in [0.1, 0.15) is 16.9 Å². The van der Waals surface area contributed by atoms with Gasteiger partial charge in [-0.1, -0.05) is 54.6 Å². The van der Waals surface area contributed by atoms with Crippen LogP contribution < -0.4 is 10.2 Å². The molecule has 0 saturated carbocycles. The molecule has 5 nitrogen and oxygen atoms in total. The van der Waals surface area contributed by atoms with Crippen LogP contribution in [0.2, 0.25) is 0 Å². The molecule has 0 fully saturated rings. The number of nitrogens with zero attached hydrogens (tertiary/aromatic N) is 1. The van der Waals surface area contributed by atoms with Gasteiger partial charge in [0.2, 0.25) is 5.43 Å². The van der Waals surface area contributed by atoms with Crippen molar-refractivity contribution in [1.82, 2.24) is 4.90 Å². The Bertz CT molecular complexity index is 1360. The first-order valence-corrected chi connectivity index (χ1v) is 10.7. The second kappa shape index (κ2) is 8.35. The highest BCUT2D eigenvalue weighted by Crippen LogP contribution is 2.26. The van der Waals surface area contributed by atoms with Gasteiger partial charge in [0, 0.05) is 19.2 Å². The highest BCUT2D eigenvalue weighted by atomic mass is 16.5. The summed E-state index contributed by atoms with van der Waals surface area (Å²) in [5, 5.41) is 0.487. The van der Waals surface area contributed by atoms with Crippen molar-refractivity contribution < 1.29 is 13.9 Å². The zero-order valence-electron chi connectivity index (χ0n) is 17.8. The van der Waals surface area contributed by atoms with Crippen molar-refractivity contribution >= 4 is 16.9 Å². The molecular formula is C27H23NO4. The molecule has 1 amide bonds. The Morgan fingerprint density at radius 2 is 1.75 bits per heavy atom. The van der Waals surface area contributed by atoms with E-state index < -0.39 is 0 Å². The third-order valence-corrected chi connectivity index (χ3v) is 5.95. The minimum absolute atomic E-state index is 0.0566. The fraction of sp³-hybridized carbons (Fsp3) is 0.185. The topological polar surface area (TPSA) is 59.8 Å². The van der Waals surface area contributed by atoms with Crippen molar-refractivity contribution in [3.8, 4) is 16.9 Å². The molecule has 0 unspecified atom stereocenters. The lowest BCUT2D eigenvalue weighted by molar-refractivity contribution is -0.134. The lowest BCUT2D eigenvalue weighted by atomic mass is 10.00. The zero-order valence-corrected chi connectivity index (χ0v) is 17.8. The Morgan fingerprint density at radius 3 is 2.56 bits per heavy atom. The van der Waals surface area contributed by atoms with Crippen molar-refractivity contribution in [2.75, 3.05) is 13.2 Å². The van der Waals surface area contributed by atoms with E-state index >= 15 is 0 Å². The molecule has 160 valence electrons. The number of fused-ring (bicyclic) bond motifs is 2. The molecule has 0 atom stereocenters. The van der Waals surface area contributed by atoms with Crippen LogP contribution in [-0.4, -0.2) is 24.0 Å². The van der Waals surface area contributed by atoms with Gasteiger partial charge in [0.1, 0.15) is 17.1 Å². The Kier molecular flexibility index (Phi) is 5.23. The van der Waals surface area contributed by atoms with Crippen LogP contribution in [0.4, 0.5) is 0 Å². The van der Waals surface area contributed by atoms with Crippen LogP contribution in [0.5, 0.6) is 5.75 Å². The molecule has 1 aromatic heterocycles. The quantitative estimate of drug-likeness (QED) is 0.474. The first kappa shape index (κ1) is 20.1. The molecule has 0 bridgehead atoms. The average Bonchev–Trinajstić information content (AvgIpc) is 2.82. The lowest BCUT2D eigenvalue weighted by Crippen LogP contribution is -2.38. The first-order chi connectivity index (χ1) is 15.6. The van der Waals surface area contributed by atoms with Gasteiger partial charge >= 0.3 is 0 Å². The van der Waals surface area contributed by atoms with E-state index in [4.69, 9.17) is 9.15 Å². The summed E-state index contributed by atoms with van der Waals surface area (Å²) in [4.78, 5) is 27.6. The molecular weight excluding hydrogens is 402 g/mol. The van der Waals surface area contributed by atoms with Crippen LogP contribution >= 0.6 is 0 Å². The summed E-state index contributed by atoms with van der Waals surface area (Å²) in [6.07, 6.45) is 0.853. The molecule has 2 heterocycles. The SMILES string of the molecule is Cc1oc2cc(OCC(=O)N3CCc4ccccc4C3)ccc2c(=O)c1-c1ccccc1. The van der Waals surface area contributed by atoms with E-state index in [1.54, 1.807) is 25.1 Å². The minimum atomic E-state index is -0.0791. The van der Waals surface area contributed by atoms with Crippen molar-refractivity contribution in [3.05, 3.63) is 99.9 Å². The molecule has 0 spiro atoms. The molecule has 32 heavy (non-hydrogen) atoms. The maximum atomic E-state index is 13.1. The maximum Gasteiger partial charge on any atom is 0.260 e. The number of ether oxygens (including phenoxy) is 1. The normalized spacial score (nSPS) is 13.1. The van der Waals surface area contributed by atoms with Gasteiger partial charge < -0.3 is 14.1 Å². The number of aryl methyl sites for hydroxylation is 1. The van der Waals surface area contributed by atoms with E-state index in [1.165, 1.54) is 11.1 Å². The molecule has 0 saturated heterocycles. The third-order valence-electron chi connectivity index (χ3n) is 5.95. The number of carbonyl (C=O) groups is 1. The number of hydrogen-bond acceptors (Lipinski definition) is 4. The van der Waals surface area contributed by atoms with Gasteiger partial charge in [0.25, 0.3) is 5.91 Å². The summed E-state index contributed by atoms with van der Waals surface area (Å²) >= 11 is 0. The average molecular weight is 425 g/mol. The molecule has 5 rings (SSSR count). The number of amides is 1. The summed E-state index contributed by atoms with van der Waals surface area (Å²) in [6, 6.07) is 22.8. The Balaban J connectivity index is 1.33. The van der Waals surface area contributed by atoms with Gasteiger partial charge in [-0.3, -0.25) is 9.59 Å². The highest BCUT2D eigenvalue weighted by Gasteiger charge is 2.21. The van der Waals surface area contributed by atoms with Crippen molar-refractivity contribution in [2.45, 2.75) is 19.9 Å². The van der Waals surface area contributed by atoms with Gasteiger partial charge in [0.05, 0.1) is 10.9 Å².